The number of hydrogen-bond acceptors (Lipinski definition) is 3. The van der Waals surface area contributed by atoms with Gasteiger partial charge in [-0.2, -0.15) is 11.8 Å². The number of carbonyl (C=O) groups excluding carboxylic acids is 1. The highest BCUT2D eigenvalue weighted by Gasteiger charge is 2.33. The Morgan fingerprint density at radius 2 is 2.05 bits per heavy atom. The zero-order valence-corrected chi connectivity index (χ0v) is 15.0. The minimum Gasteiger partial charge on any atom is -0.351 e. The lowest BCUT2D eigenvalue weighted by molar-refractivity contribution is -0.127. The molecule has 3 atom stereocenters. The molecule has 3 N–H and O–H groups in total. The van der Waals surface area contributed by atoms with Crippen molar-refractivity contribution in [2.24, 2.45) is 5.73 Å². The summed E-state index contributed by atoms with van der Waals surface area (Å²) in [6.45, 7) is 1.78. The normalized spacial score (nSPS) is 25.1. The molecule has 1 aliphatic rings. The van der Waals surface area contributed by atoms with Crippen LogP contribution in [0.3, 0.4) is 0 Å². The summed E-state index contributed by atoms with van der Waals surface area (Å²) in [5.41, 5.74) is 6.12. The minimum atomic E-state index is -0.993. The third kappa shape index (κ3) is 4.24. The molecule has 0 bridgehead atoms. The number of rotatable bonds is 4. The molecule has 1 aromatic carbocycles. The van der Waals surface area contributed by atoms with Crippen LogP contribution < -0.4 is 11.1 Å². The second kappa shape index (κ2) is 7.16. The molecule has 1 amide bonds. The summed E-state index contributed by atoms with van der Waals surface area (Å²) in [6.07, 6.45) is 6.67. The number of carbonyl (C=O) groups is 1. The standard InChI is InChI=1S/C16H23BrN2OS/c1-16(18,11-6-8-12(17)9-7-11)15(20)19-13-4-3-5-14(10-13)21-2/h6-9,13-14H,3-5,10,18H2,1-2H3,(H,19,20). The first-order valence-corrected chi connectivity index (χ1v) is 9.40. The summed E-state index contributed by atoms with van der Waals surface area (Å²) in [6, 6.07) is 7.88. The number of benzene rings is 1. The monoisotopic (exact) mass is 370 g/mol. The summed E-state index contributed by atoms with van der Waals surface area (Å²) in [7, 11) is 0. The van der Waals surface area contributed by atoms with Crippen LogP contribution in [-0.4, -0.2) is 23.5 Å². The largest absolute Gasteiger partial charge is 0.351 e. The van der Waals surface area contributed by atoms with Crippen LogP contribution in [-0.2, 0) is 10.3 Å². The maximum absolute atomic E-state index is 12.6. The van der Waals surface area contributed by atoms with Crippen LogP contribution in [0.1, 0.15) is 38.2 Å². The minimum absolute atomic E-state index is 0.0865. The Morgan fingerprint density at radius 1 is 1.38 bits per heavy atom. The number of amides is 1. The van der Waals surface area contributed by atoms with Gasteiger partial charge in [0.1, 0.15) is 5.54 Å². The Bertz CT molecular complexity index is 490. The quantitative estimate of drug-likeness (QED) is 0.853. The first-order valence-electron chi connectivity index (χ1n) is 7.32. The third-order valence-electron chi connectivity index (χ3n) is 4.21. The number of nitrogens with one attached hydrogen (secondary N) is 1. The third-order valence-corrected chi connectivity index (χ3v) is 5.83. The van der Waals surface area contributed by atoms with Crippen molar-refractivity contribution >= 4 is 33.6 Å². The zero-order chi connectivity index (χ0) is 15.5. The van der Waals surface area contributed by atoms with Crippen LogP contribution in [0.25, 0.3) is 0 Å². The highest BCUT2D eigenvalue weighted by atomic mass is 79.9. The second-order valence-corrected chi connectivity index (χ2v) is 7.96. The van der Waals surface area contributed by atoms with Crippen LogP contribution in [0.4, 0.5) is 0 Å². The van der Waals surface area contributed by atoms with E-state index in [9.17, 15) is 4.79 Å². The topological polar surface area (TPSA) is 55.1 Å². The van der Waals surface area contributed by atoms with Gasteiger partial charge >= 0.3 is 0 Å². The van der Waals surface area contributed by atoms with Crippen LogP contribution >= 0.6 is 27.7 Å². The molecule has 0 aliphatic heterocycles. The first kappa shape index (κ1) is 16.8. The van der Waals surface area contributed by atoms with Gasteiger partial charge in [0.05, 0.1) is 0 Å². The fourth-order valence-electron chi connectivity index (χ4n) is 2.75. The Balaban J connectivity index is 2.02. The molecule has 0 spiro atoms. The van der Waals surface area contributed by atoms with Crippen molar-refractivity contribution < 1.29 is 4.79 Å². The van der Waals surface area contributed by atoms with E-state index in [2.05, 4.69) is 27.5 Å². The Hall–Kier alpha value is -0.520. The van der Waals surface area contributed by atoms with E-state index in [0.29, 0.717) is 5.25 Å². The molecule has 0 heterocycles. The van der Waals surface area contributed by atoms with Crippen molar-refractivity contribution in [2.75, 3.05) is 6.26 Å². The lowest BCUT2D eigenvalue weighted by Crippen LogP contribution is -2.52. The highest BCUT2D eigenvalue weighted by molar-refractivity contribution is 9.10. The summed E-state index contributed by atoms with van der Waals surface area (Å²) in [4.78, 5) is 12.6. The predicted octanol–water partition coefficient (Wildman–Crippen LogP) is 3.41. The fraction of sp³-hybridized carbons (Fsp3) is 0.562. The van der Waals surface area contributed by atoms with Crippen molar-refractivity contribution in [3.63, 3.8) is 0 Å². The fourth-order valence-corrected chi connectivity index (χ4v) is 3.84. The van der Waals surface area contributed by atoms with Crippen LogP contribution in [0.15, 0.2) is 28.7 Å². The smallest absolute Gasteiger partial charge is 0.244 e. The Labute approximate surface area is 139 Å². The summed E-state index contributed by atoms with van der Waals surface area (Å²) < 4.78 is 0.984. The summed E-state index contributed by atoms with van der Waals surface area (Å²) in [5.74, 6) is -0.0865. The number of hydrogen-bond donors (Lipinski definition) is 2. The molecule has 5 heteroatoms. The van der Waals surface area contributed by atoms with E-state index in [1.165, 1.54) is 12.8 Å². The molecule has 0 radical (unpaired) electrons. The van der Waals surface area contributed by atoms with E-state index in [1.807, 2.05) is 36.0 Å². The van der Waals surface area contributed by atoms with Gasteiger partial charge in [0.2, 0.25) is 5.91 Å². The molecule has 1 aliphatic carbocycles. The average molecular weight is 371 g/mol. The average Bonchev–Trinajstić information content (AvgIpc) is 2.48. The van der Waals surface area contributed by atoms with Gasteiger partial charge in [-0.05, 0) is 50.1 Å². The lowest BCUT2D eigenvalue weighted by Gasteiger charge is -2.32. The van der Waals surface area contributed by atoms with E-state index >= 15 is 0 Å². The molecule has 1 saturated carbocycles. The molecule has 1 fully saturated rings. The van der Waals surface area contributed by atoms with E-state index in [0.717, 1.165) is 22.9 Å². The van der Waals surface area contributed by atoms with Gasteiger partial charge in [-0.3, -0.25) is 4.79 Å². The summed E-state index contributed by atoms with van der Waals surface area (Å²) >= 11 is 5.29. The molecule has 3 unspecified atom stereocenters. The van der Waals surface area contributed by atoms with Gasteiger partial charge in [-0.25, -0.2) is 0 Å². The van der Waals surface area contributed by atoms with Crippen molar-refractivity contribution in [3.8, 4) is 0 Å². The van der Waals surface area contributed by atoms with E-state index in [-0.39, 0.29) is 11.9 Å². The molecule has 116 valence electrons. The number of nitrogens with two attached hydrogens (primary N) is 1. The van der Waals surface area contributed by atoms with Crippen LogP contribution in [0, 0.1) is 0 Å². The lowest BCUT2D eigenvalue weighted by atomic mass is 9.90. The van der Waals surface area contributed by atoms with E-state index in [1.54, 1.807) is 6.92 Å². The molecule has 0 saturated heterocycles. The molecule has 3 nitrogen and oxygen atoms in total. The van der Waals surface area contributed by atoms with Crippen molar-refractivity contribution in [2.45, 2.75) is 49.4 Å². The van der Waals surface area contributed by atoms with Gasteiger partial charge in [0, 0.05) is 15.8 Å². The van der Waals surface area contributed by atoms with Crippen molar-refractivity contribution in [1.29, 1.82) is 0 Å². The summed E-state index contributed by atoms with van der Waals surface area (Å²) in [5, 5.41) is 3.80. The molecular formula is C16H23BrN2OS. The Morgan fingerprint density at radius 3 is 2.67 bits per heavy atom. The first-order chi connectivity index (χ1) is 9.93. The number of thioether (sulfide) groups is 1. The van der Waals surface area contributed by atoms with Gasteiger partial charge in [0.25, 0.3) is 0 Å². The molecule has 21 heavy (non-hydrogen) atoms. The molecular weight excluding hydrogens is 348 g/mol. The second-order valence-electron chi connectivity index (χ2n) is 5.90. The molecule has 2 rings (SSSR count). The van der Waals surface area contributed by atoms with Crippen LogP contribution in [0.5, 0.6) is 0 Å². The van der Waals surface area contributed by atoms with Gasteiger partial charge < -0.3 is 11.1 Å². The SMILES string of the molecule is CSC1CCCC(NC(=O)C(C)(N)c2ccc(Br)cc2)C1. The maximum Gasteiger partial charge on any atom is 0.244 e. The van der Waals surface area contributed by atoms with Crippen molar-refractivity contribution in [1.82, 2.24) is 5.32 Å². The van der Waals surface area contributed by atoms with Gasteiger partial charge in [-0.15, -0.1) is 0 Å². The van der Waals surface area contributed by atoms with Gasteiger partial charge in [-0.1, -0.05) is 34.5 Å². The van der Waals surface area contributed by atoms with E-state index in [4.69, 9.17) is 5.73 Å². The highest BCUT2D eigenvalue weighted by Crippen LogP contribution is 2.28. The van der Waals surface area contributed by atoms with Crippen LogP contribution in [0.2, 0.25) is 0 Å². The molecule has 1 aromatic rings. The van der Waals surface area contributed by atoms with Gasteiger partial charge in [0.15, 0.2) is 0 Å². The van der Waals surface area contributed by atoms with Crippen molar-refractivity contribution in [3.05, 3.63) is 34.3 Å². The maximum atomic E-state index is 12.6. The predicted molar refractivity (Wildman–Crippen MR) is 93.4 cm³/mol. The molecule has 0 aromatic heterocycles. The zero-order valence-electron chi connectivity index (χ0n) is 12.6. The number of halogens is 1. The van der Waals surface area contributed by atoms with E-state index < -0.39 is 5.54 Å². The Kier molecular flexibility index (Phi) is 5.74.